The first-order valence-electron chi connectivity index (χ1n) is 6.24. The molecule has 0 spiro atoms. The molecule has 0 radical (unpaired) electrons. The molecule has 0 aromatic carbocycles. The number of nitrogens with two attached hydrogens (primary N) is 2. The minimum atomic E-state index is -0.894. The first-order chi connectivity index (χ1) is 8.81. The van der Waals surface area contributed by atoms with Crippen LogP contribution >= 0.6 is 0 Å². The summed E-state index contributed by atoms with van der Waals surface area (Å²) in [6.07, 6.45) is 1.66. The van der Waals surface area contributed by atoms with Crippen LogP contribution in [0.1, 0.15) is 38.6 Å². The first kappa shape index (κ1) is 15.2. The van der Waals surface area contributed by atoms with E-state index in [0.29, 0.717) is 17.5 Å². The van der Waals surface area contributed by atoms with E-state index < -0.39 is 11.4 Å². The van der Waals surface area contributed by atoms with Crippen molar-refractivity contribution in [2.75, 3.05) is 10.7 Å². The van der Waals surface area contributed by atoms with E-state index in [1.165, 1.54) is 0 Å². The number of hydrogen-bond acceptors (Lipinski definition) is 6. The van der Waals surface area contributed by atoms with Crippen LogP contribution in [-0.2, 0) is 11.2 Å². The Labute approximate surface area is 113 Å². The minimum Gasteiger partial charge on any atom is -0.368 e. The monoisotopic (exact) mass is 266 g/mol. The highest BCUT2D eigenvalue weighted by atomic mass is 16.1. The van der Waals surface area contributed by atoms with E-state index in [-0.39, 0.29) is 0 Å². The Hall–Kier alpha value is -1.89. The van der Waals surface area contributed by atoms with Gasteiger partial charge in [0.1, 0.15) is 23.0 Å². The average molecular weight is 266 g/mol. The lowest BCUT2D eigenvalue weighted by Crippen LogP contribution is -2.45. The van der Waals surface area contributed by atoms with Gasteiger partial charge in [-0.1, -0.05) is 6.92 Å². The topological polar surface area (TPSA) is 119 Å². The Balaban J connectivity index is 3.18. The van der Waals surface area contributed by atoms with Gasteiger partial charge in [0, 0.05) is 12.0 Å². The molecule has 1 aromatic rings. The fraction of sp³-hybridized carbons (Fsp3) is 0.583. The molecule has 0 aliphatic carbocycles. The number of nitrogen functional groups attached to an aromatic ring is 1. The van der Waals surface area contributed by atoms with E-state index in [4.69, 9.17) is 11.6 Å². The molecule has 1 heterocycles. The molecular formula is C12H22N6O. The van der Waals surface area contributed by atoms with Crippen LogP contribution in [0.15, 0.2) is 0 Å². The highest BCUT2D eigenvalue weighted by Gasteiger charge is 2.26. The third-order valence-electron chi connectivity index (χ3n) is 2.85. The molecule has 0 saturated carbocycles. The Bertz CT molecular complexity index is 472. The van der Waals surface area contributed by atoms with Crippen molar-refractivity contribution in [2.45, 2.75) is 46.1 Å². The molecule has 19 heavy (non-hydrogen) atoms. The lowest BCUT2D eigenvalue weighted by Gasteiger charge is -2.24. The van der Waals surface area contributed by atoms with Crippen LogP contribution in [0.4, 0.5) is 11.6 Å². The summed E-state index contributed by atoms with van der Waals surface area (Å²) in [5.74, 6) is 6.77. The van der Waals surface area contributed by atoms with Crippen LogP contribution in [0.25, 0.3) is 0 Å². The maximum atomic E-state index is 11.4. The summed E-state index contributed by atoms with van der Waals surface area (Å²) in [6, 6.07) is 0. The van der Waals surface area contributed by atoms with Crippen LogP contribution in [0.5, 0.6) is 0 Å². The van der Waals surface area contributed by atoms with Crippen LogP contribution in [-0.4, -0.2) is 21.4 Å². The Morgan fingerprint density at radius 2 is 1.89 bits per heavy atom. The van der Waals surface area contributed by atoms with Crippen molar-refractivity contribution in [1.29, 1.82) is 0 Å². The smallest absolute Gasteiger partial charge is 0.242 e. The van der Waals surface area contributed by atoms with Gasteiger partial charge < -0.3 is 16.5 Å². The van der Waals surface area contributed by atoms with E-state index in [0.717, 1.165) is 18.4 Å². The zero-order valence-corrected chi connectivity index (χ0v) is 11.9. The molecule has 6 N–H and O–H groups in total. The Morgan fingerprint density at radius 3 is 2.37 bits per heavy atom. The van der Waals surface area contributed by atoms with Crippen molar-refractivity contribution in [3.05, 3.63) is 11.4 Å². The van der Waals surface area contributed by atoms with Gasteiger partial charge in [-0.25, -0.2) is 15.8 Å². The van der Waals surface area contributed by atoms with Crippen LogP contribution < -0.4 is 22.3 Å². The molecule has 0 aliphatic rings. The summed E-state index contributed by atoms with van der Waals surface area (Å²) in [6.45, 7) is 7.27. The highest BCUT2D eigenvalue weighted by Crippen LogP contribution is 2.22. The van der Waals surface area contributed by atoms with Crippen LogP contribution in [0.2, 0.25) is 0 Å². The van der Waals surface area contributed by atoms with Gasteiger partial charge in [-0.2, -0.15) is 0 Å². The van der Waals surface area contributed by atoms with Crippen molar-refractivity contribution in [3.8, 4) is 0 Å². The summed E-state index contributed by atoms with van der Waals surface area (Å²) in [5, 5.41) is 3.04. The molecule has 0 atom stereocenters. The van der Waals surface area contributed by atoms with Gasteiger partial charge in [-0.3, -0.25) is 4.79 Å². The Kier molecular flexibility index (Phi) is 4.66. The molecule has 1 rings (SSSR count). The molecule has 0 aliphatic heterocycles. The number of aromatic nitrogens is 2. The van der Waals surface area contributed by atoms with Gasteiger partial charge in [0.2, 0.25) is 5.91 Å². The lowest BCUT2D eigenvalue weighted by molar-refractivity contribution is -0.121. The van der Waals surface area contributed by atoms with Gasteiger partial charge in [0.05, 0.1) is 0 Å². The average Bonchev–Trinajstić information content (AvgIpc) is 2.32. The van der Waals surface area contributed by atoms with Crippen LogP contribution in [0.3, 0.4) is 0 Å². The third-order valence-corrected chi connectivity index (χ3v) is 2.85. The number of anilines is 2. The Morgan fingerprint density at radius 1 is 1.32 bits per heavy atom. The van der Waals surface area contributed by atoms with Crippen molar-refractivity contribution in [1.82, 2.24) is 9.97 Å². The summed E-state index contributed by atoms with van der Waals surface area (Å²) in [5.41, 5.74) is 7.74. The summed E-state index contributed by atoms with van der Waals surface area (Å²) in [7, 11) is 0. The SMILES string of the molecule is CCCc1nc(NN)c(C)c(NC(C)(C)C(N)=O)n1. The molecule has 0 fully saturated rings. The predicted octanol–water partition coefficient (Wildman–Crippen LogP) is 0.699. The first-order valence-corrected chi connectivity index (χ1v) is 6.24. The van der Waals surface area contributed by atoms with Crippen LogP contribution in [0, 0.1) is 6.92 Å². The maximum Gasteiger partial charge on any atom is 0.242 e. The van der Waals surface area contributed by atoms with Crippen molar-refractivity contribution < 1.29 is 4.79 Å². The molecule has 0 unspecified atom stereocenters. The number of aryl methyl sites for hydroxylation is 1. The largest absolute Gasteiger partial charge is 0.368 e. The molecule has 0 saturated heterocycles. The minimum absolute atomic E-state index is 0.454. The number of amides is 1. The molecular weight excluding hydrogens is 244 g/mol. The summed E-state index contributed by atoms with van der Waals surface area (Å²) >= 11 is 0. The molecule has 1 aromatic heterocycles. The number of carbonyl (C=O) groups is 1. The van der Waals surface area contributed by atoms with Gasteiger partial charge in [0.25, 0.3) is 0 Å². The number of hydrogen-bond donors (Lipinski definition) is 4. The number of rotatable bonds is 6. The maximum absolute atomic E-state index is 11.4. The second-order valence-electron chi connectivity index (χ2n) is 4.97. The van der Waals surface area contributed by atoms with E-state index in [1.807, 2.05) is 13.8 Å². The number of hydrazine groups is 1. The number of nitrogens with zero attached hydrogens (tertiary/aromatic N) is 2. The quantitative estimate of drug-likeness (QED) is 0.444. The molecule has 1 amide bonds. The molecule has 106 valence electrons. The van der Waals surface area contributed by atoms with E-state index in [9.17, 15) is 4.79 Å². The molecule has 7 nitrogen and oxygen atoms in total. The van der Waals surface area contributed by atoms with E-state index in [2.05, 4.69) is 20.7 Å². The van der Waals surface area contributed by atoms with Gasteiger partial charge in [-0.05, 0) is 27.2 Å². The van der Waals surface area contributed by atoms with Gasteiger partial charge in [-0.15, -0.1) is 0 Å². The van der Waals surface area contributed by atoms with E-state index in [1.54, 1.807) is 13.8 Å². The van der Waals surface area contributed by atoms with Gasteiger partial charge in [0.15, 0.2) is 0 Å². The summed E-state index contributed by atoms with van der Waals surface area (Å²) < 4.78 is 0. The van der Waals surface area contributed by atoms with Crippen molar-refractivity contribution in [2.24, 2.45) is 11.6 Å². The number of nitrogens with one attached hydrogen (secondary N) is 2. The lowest BCUT2D eigenvalue weighted by atomic mass is 10.0. The van der Waals surface area contributed by atoms with E-state index >= 15 is 0 Å². The molecule has 0 bridgehead atoms. The second kappa shape index (κ2) is 5.83. The standard InChI is InChI=1S/C12H22N6O/c1-5-6-8-15-9(7(2)10(16-8)18-14)17-12(3,4)11(13)19/h5-6,14H2,1-4H3,(H2,13,19)(H2,15,16,17,18). The zero-order valence-electron chi connectivity index (χ0n) is 11.9. The van der Waals surface area contributed by atoms with Gasteiger partial charge >= 0.3 is 0 Å². The number of carbonyl (C=O) groups excluding carboxylic acids is 1. The molecule has 7 heteroatoms. The van der Waals surface area contributed by atoms with Crippen molar-refractivity contribution in [3.63, 3.8) is 0 Å². The second-order valence-corrected chi connectivity index (χ2v) is 4.97. The zero-order chi connectivity index (χ0) is 14.6. The fourth-order valence-electron chi connectivity index (χ4n) is 1.52. The third kappa shape index (κ3) is 3.54. The number of primary amides is 1. The predicted molar refractivity (Wildman–Crippen MR) is 75.5 cm³/mol. The van der Waals surface area contributed by atoms with Crippen molar-refractivity contribution >= 4 is 17.5 Å². The summed E-state index contributed by atoms with van der Waals surface area (Å²) in [4.78, 5) is 20.1. The normalized spacial score (nSPS) is 11.2. The highest BCUT2D eigenvalue weighted by molar-refractivity contribution is 5.87. The fourth-order valence-corrected chi connectivity index (χ4v) is 1.52.